The van der Waals surface area contributed by atoms with Gasteiger partial charge in [0.25, 0.3) is 0 Å². The molecule has 0 saturated heterocycles. The smallest absolute Gasteiger partial charge is 0.306 e. The molecule has 1 aromatic carbocycles. The average Bonchev–Trinajstić information content (AvgIpc) is 3.26. The van der Waals surface area contributed by atoms with Gasteiger partial charge >= 0.3 is 5.97 Å². The zero-order chi connectivity index (χ0) is 21.4. The molecule has 0 amide bonds. The molecule has 1 heterocycles. The summed E-state index contributed by atoms with van der Waals surface area (Å²) in [6.07, 6.45) is 6.85. The number of fused-ring (bicyclic) bond motifs is 2. The SMILES string of the molecule is Cn1nccc1CS(=O)(=O)CCOc1ccc2c(c1)C1(CC2)CCC(C(=O)O)CC1. The summed E-state index contributed by atoms with van der Waals surface area (Å²) >= 11 is 0. The lowest BCUT2D eigenvalue weighted by molar-refractivity contribution is -0.143. The number of carbonyl (C=O) groups is 1. The number of nitrogens with zero attached hydrogens (tertiary/aromatic N) is 2. The number of carboxylic acids is 1. The fourth-order valence-electron chi connectivity index (χ4n) is 4.93. The van der Waals surface area contributed by atoms with Gasteiger partial charge in [0.2, 0.25) is 0 Å². The lowest BCUT2D eigenvalue weighted by Crippen LogP contribution is -2.32. The van der Waals surface area contributed by atoms with Crippen molar-refractivity contribution < 1.29 is 23.1 Å². The van der Waals surface area contributed by atoms with Crippen LogP contribution in [0.5, 0.6) is 5.75 Å². The second kappa shape index (κ2) is 8.06. The Hall–Kier alpha value is -2.35. The van der Waals surface area contributed by atoms with Gasteiger partial charge in [-0.1, -0.05) is 6.07 Å². The highest BCUT2D eigenvalue weighted by Crippen LogP contribution is 2.50. The third-order valence-corrected chi connectivity index (χ3v) is 8.30. The Bertz CT molecular complexity index is 1040. The molecule has 7 nitrogen and oxygen atoms in total. The van der Waals surface area contributed by atoms with E-state index < -0.39 is 15.8 Å². The summed E-state index contributed by atoms with van der Waals surface area (Å²) in [5, 5.41) is 13.3. The standard InChI is InChI=1S/C22H28N2O5S/c1-24-18(7-11-23-24)15-30(27,28)13-12-29-19-3-2-16-4-8-22(20(16)14-19)9-5-17(6-10-22)21(25)26/h2-3,7,11,14,17H,4-6,8-10,12-13,15H2,1H3,(H,25,26). The number of aryl methyl sites for hydroxylation is 2. The lowest BCUT2D eigenvalue weighted by Gasteiger charge is -2.37. The summed E-state index contributed by atoms with van der Waals surface area (Å²) in [4.78, 5) is 11.3. The number of aromatic nitrogens is 2. The molecule has 1 fully saturated rings. The van der Waals surface area contributed by atoms with Gasteiger partial charge in [0, 0.05) is 13.2 Å². The second-order valence-corrected chi connectivity index (χ2v) is 10.8. The van der Waals surface area contributed by atoms with E-state index in [1.54, 1.807) is 24.0 Å². The van der Waals surface area contributed by atoms with E-state index in [0.717, 1.165) is 25.7 Å². The molecule has 1 spiro atoms. The van der Waals surface area contributed by atoms with Crippen LogP contribution in [0.2, 0.25) is 0 Å². The van der Waals surface area contributed by atoms with E-state index >= 15 is 0 Å². The Kier molecular flexibility index (Phi) is 5.61. The van der Waals surface area contributed by atoms with Gasteiger partial charge in [-0.15, -0.1) is 0 Å². The molecule has 0 bridgehead atoms. The van der Waals surface area contributed by atoms with Crippen molar-refractivity contribution in [1.29, 1.82) is 0 Å². The monoisotopic (exact) mass is 432 g/mol. The normalized spacial score (nSPS) is 23.4. The maximum atomic E-state index is 12.4. The van der Waals surface area contributed by atoms with Crippen molar-refractivity contribution in [1.82, 2.24) is 9.78 Å². The first-order chi connectivity index (χ1) is 14.3. The van der Waals surface area contributed by atoms with Crippen LogP contribution in [0.3, 0.4) is 0 Å². The Morgan fingerprint density at radius 3 is 2.70 bits per heavy atom. The zero-order valence-electron chi connectivity index (χ0n) is 17.2. The summed E-state index contributed by atoms with van der Waals surface area (Å²) in [5.41, 5.74) is 3.28. The third kappa shape index (κ3) is 4.24. The molecule has 8 heteroatoms. The fraction of sp³-hybridized carbons (Fsp3) is 0.545. The van der Waals surface area contributed by atoms with Gasteiger partial charge in [0.05, 0.1) is 23.1 Å². The van der Waals surface area contributed by atoms with Crippen molar-refractivity contribution in [2.45, 2.75) is 49.7 Å². The Balaban J connectivity index is 1.39. The van der Waals surface area contributed by atoms with E-state index in [1.165, 1.54) is 11.1 Å². The molecule has 2 aromatic rings. The van der Waals surface area contributed by atoms with Crippen LogP contribution in [0.25, 0.3) is 0 Å². The molecule has 2 aliphatic rings. The van der Waals surface area contributed by atoms with Crippen LogP contribution in [0.4, 0.5) is 0 Å². The zero-order valence-corrected chi connectivity index (χ0v) is 18.0. The van der Waals surface area contributed by atoms with Crippen molar-refractivity contribution in [3.63, 3.8) is 0 Å². The van der Waals surface area contributed by atoms with Crippen LogP contribution in [0, 0.1) is 5.92 Å². The molecule has 0 unspecified atom stereocenters. The van der Waals surface area contributed by atoms with Crippen LogP contribution >= 0.6 is 0 Å². The molecular formula is C22H28N2O5S. The molecule has 0 radical (unpaired) electrons. The van der Waals surface area contributed by atoms with Crippen LogP contribution in [-0.2, 0) is 39.3 Å². The summed E-state index contributed by atoms with van der Waals surface area (Å²) in [6, 6.07) is 7.75. The van der Waals surface area contributed by atoms with E-state index in [1.807, 2.05) is 6.07 Å². The number of rotatable bonds is 7. The predicted octanol–water partition coefficient (Wildman–Crippen LogP) is 2.87. The van der Waals surface area contributed by atoms with Crippen molar-refractivity contribution in [2.24, 2.45) is 13.0 Å². The number of ether oxygens (including phenoxy) is 1. The van der Waals surface area contributed by atoms with Crippen LogP contribution in [0.15, 0.2) is 30.5 Å². The van der Waals surface area contributed by atoms with Crippen LogP contribution in [0.1, 0.15) is 48.9 Å². The van der Waals surface area contributed by atoms with E-state index in [4.69, 9.17) is 4.74 Å². The van der Waals surface area contributed by atoms with Gasteiger partial charge in [-0.3, -0.25) is 9.48 Å². The molecule has 2 aliphatic carbocycles. The van der Waals surface area contributed by atoms with Gasteiger partial charge in [0.15, 0.2) is 9.84 Å². The molecule has 1 saturated carbocycles. The first kappa shape index (κ1) is 20.9. The fourth-order valence-corrected chi connectivity index (χ4v) is 6.14. The molecule has 0 atom stereocenters. The van der Waals surface area contributed by atoms with E-state index in [2.05, 4.69) is 17.2 Å². The van der Waals surface area contributed by atoms with E-state index in [-0.39, 0.29) is 29.4 Å². The predicted molar refractivity (Wildman–Crippen MR) is 112 cm³/mol. The molecule has 1 N–H and O–H groups in total. The van der Waals surface area contributed by atoms with E-state index in [9.17, 15) is 18.3 Å². The first-order valence-electron chi connectivity index (χ1n) is 10.4. The average molecular weight is 433 g/mol. The van der Waals surface area contributed by atoms with Gasteiger partial charge < -0.3 is 9.84 Å². The lowest BCUT2D eigenvalue weighted by atomic mass is 9.67. The van der Waals surface area contributed by atoms with Crippen molar-refractivity contribution in [3.8, 4) is 5.75 Å². The maximum absolute atomic E-state index is 12.4. The number of hydrogen-bond acceptors (Lipinski definition) is 5. The quantitative estimate of drug-likeness (QED) is 0.722. The number of sulfone groups is 1. The van der Waals surface area contributed by atoms with Crippen LogP contribution < -0.4 is 4.74 Å². The summed E-state index contributed by atoms with van der Waals surface area (Å²) < 4.78 is 32.2. The molecular weight excluding hydrogens is 404 g/mol. The molecule has 0 aliphatic heterocycles. The van der Waals surface area contributed by atoms with E-state index in [0.29, 0.717) is 24.3 Å². The van der Waals surface area contributed by atoms with Crippen molar-refractivity contribution >= 4 is 15.8 Å². The number of benzene rings is 1. The first-order valence-corrected chi connectivity index (χ1v) is 12.3. The molecule has 162 valence electrons. The van der Waals surface area contributed by atoms with Gasteiger partial charge in [-0.25, -0.2) is 8.42 Å². The Labute approximate surface area is 177 Å². The van der Waals surface area contributed by atoms with Crippen LogP contribution in [-0.4, -0.2) is 41.6 Å². The third-order valence-electron chi connectivity index (χ3n) is 6.77. The Morgan fingerprint density at radius 2 is 2.03 bits per heavy atom. The molecule has 1 aromatic heterocycles. The Morgan fingerprint density at radius 1 is 1.27 bits per heavy atom. The highest BCUT2D eigenvalue weighted by molar-refractivity contribution is 7.90. The number of aliphatic carboxylic acids is 1. The largest absolute Gasteiger partial charge is 0.493 e. The van der Waals surface area contributed by atoms with Crippen molar-refractivity contribution in [3.05, 3.63) is 47.3 Å². The number of hydrogen-bond donors (Lipinski definition) is 1. The minimum Gasteiger partial charge on any atom is -0.493 e. The molecule has 30 heavy (non-hydrogen) atoms. The highest BCUT2D eigenvalue weighted by atomic mass is 32.2. The number of carboxylic acid groups (broad SMARTS) is 1. The van der Waals surface area contributed by atoms with Crippen molar-refractivity contribution in [2.75, 3.05) is 12.4 Å². The molecule has 4 rings (SSSR count). The highest BCUT2D eigenvalue weighted by Gasteiger charge is 2.43. The topological polar surface area (TPSA) is 98.5 Å². The maximum Gasteiger partial charge on any atom is 0.306 e. The summed E-state index contributed by atoms with van der Waals surface area (Å²) in [7, 11) is -1.56. The minimum absolute atomic E-state index is 0.0479. The second-order valence-electron chi connectivity index (χ2n) is 8.60. The summed E-state index contributed by atoms with van der Waals surface area (Å²) in [6.45, 7) is 0.104. The van der Waals surface area contributed by atoms with Gasteiger partial charge in [-0.2, -0.15) is 5.10 Å². The van der Waals surface area contributed by atoms with Gasteiger partial charge in [0.1, 0.15) is 12.4 Å². The van der Waals surface area contributed by atoms with Gasteiger partial charge in [-0.05, 0) is 73.3 Å². The minimum atomic E-state index is -3.29. The summed E-state index contributed by atoms with van der Waals surface area (Å²) in [5.74, 6) is -0.339.